The Labute approximate surface area is 169 Å². The van der Waals surface area contributed by atoms with E-state index in [1.807, 2.05) is 13.0 Å². The molecule has 3 fully saturated rings. The fourth-order valence-corrected chi connectivity index (χ4v) is 4.87. The van der Waals surface area contributed by atoms with Gasteiger partial charge >= 0.3 is 0 Å². The largest absolute Gasteiger partial charge is 0.494 e. The van der Waals surface area contributed by atoms with Gasteiger partial charge in [-0.1, -0.05) is 12.1 Å². The molecule has 1 aromatic carbocycles. The van der Waals surface area contributed by atoms with Crippen LogP contribution in [-0.2, 0) is 11.3 Å². The van der Waals surface area contributed by atoms with E-state index >= 15 is 0 Å². The van der Waals surface area contributed by atoms with Crippen LogP contribution in [-0.4, -0.2) is 72.5 Å². The van der Waals surface area contributed by atoms with Gasteiger partial charge < -0.3 is 9.64 Å². The van der Waals surface area contributed by atoms with Gasteiger partial charge in [-0.15, -0.1) is 0 Å². The third-order valence-electron chi connectivity index (χ3n) is 6.87. The maximum absolute atomic E-state index is 12.7. The lowest BCUT2D eigenvalue weighted by Gasteiger charge is -2.49. The first kappa shape index (κ1) is 19.7. The van der Waals surface area contributed by atoms with Gasteiger partial charge in [-0.25, -0.2) is 0 Å². The van der Waals surface area contributed by atoms with E-state index < -0.39 is 0 Å². The molecule has 2 aliphatic heterocycles. The van der Waals surface area contributed by atoms with E-state index in [2.05, 4.69) is 39.9 Å². The Morgan fingerprint density at radius 1 is 1.18 bits per heavy atom. The summed E-state index contributed by atoms with van der Waals surface area (Å²) in [4.78, 5) is 19.9. The minimum absolute atomic E-state index is 0.129. The molecular formula is C23H35N3O2. The molecule has 0 N–H and O–H groups in total. The molecule has 0 bridgehead atoms. The predicted octanol–water partition coefficient (Wildman–Crippen LogP) is 2.99. The Morgan fingerprint density at radius 3 is 2.82 bits per heavy atom. The SMILES string of the molecule is CCOc1cccc(CN2CCN(C)[C@]3(CCC(=O)N(CC4CC4)CC3)C2)c1. The van der Waals surface area contributed by atoms with E-state index in [9.17, 15) is 4.79 Å². The maximum Gasteiger partial charge on any atom is 0.222 e. The molecule has 0 unspecified atom stereocenters. The van der Waals surface area contributed by atoms with Crippen LogP contribution < -0.4 is 4.74 Å². The fraction of sp³-hybridized carbons (Fsp3) is 0.696. The van der Waals surface area contributed by atoms with Gasteiger partial charge in [-0.3, -0.25) is 14.6 Å². The number of rotatable bonds is 6. The van der Waals surface area contributed by atoms with Gasteiger partial charge in [0.25, 0.3) is 0 Å². The van der Waals surface area contributed by atoms with E-state index in [1.54, 1.807) is 0 Å². The van der Waals surface area contributed by atoms with Gasteiger partial charge in [0.05, 0.1) is 6.61 Å². The first-order valence-corrected chi connectivity index (χ1v) is 11.0. The second-order valence-corrected chi connectivity index (χ2v) is 8.97. The number of likely N-dealkylation sites (N-methyl/N-ethyl adjacent to an activating group) is 1. The van der Waals surface area contributed by atoms with Crippen molar-refractivity contribution in [2.45, 2.75) is 51.1 Å². The van der Waals surface area contributed by atoms with Crippen LogP contribution in [0.4, 0.5) is 0 Å². The molecule has 1 spiro atoms. The summed E-state index contributed by atoms with van der Waals surface area (Å²) < 4.78 is 5.67. The van der Waals surface area contributed by atoms with Crippen molar-refractivity contribution in [1.82, 2.24) is 14.7 Å². The smallest absolute Gasteiger partial charge is 0.222 e. The number of carbonyl (C=O) groups excluding carboxylic acids is 1. The molecule has 2 heterocycles. The molecule has 4 rings (SSSR count). The van der Waals surface area contributed by atoms with Crippen LogP contribution in [0.15, 0.2) is 24.3 Å². The zero-order chi connectivity index (χ0) is 19.6. The monoisotopic (exact) mass is 385 g/mol. The molecule has 3 aliphatic rings. The Balaban J connectivity index is 1.42. The van der Waals surface area contributed by atoms with Crippen molar-refractivity contribution in [3.63, 3.8) is 0 Å². The number of hydrogen-bond donors (Lipinski definition) is 0. The number of benzene rings is 1. The Kier molecular flexibility index (Phi) is 5.93. The first-order chi connectivity index (χ1) is 13.6. The molecule has 2 saturated heterocycles. The highest BCUT2D eigenvalue weighted by molar-refractivity contribution is 5.76. The average Bonchev–Trinajstić information content (AvgIpc) is 3.51. The predicted molar refractivity (Wildman–Crippen MR) is 111 cm³/mol. The zero-order valence-corrected chi connectivity index (χ0v) is 17.5. The van der Waals surface area contributed by atoms with Crippen molar-refractivity contribution in [3.05, 3.63) is 29.8 Å². The van der Waals surface area contributed by atoms with Crippen LogP contribution in [0.2, 0.25) is 0 Å². The maximum atomic E-state index is 12.7. The Bertz CT molecular complexity index is 690. The molecule has 28 heavy (non-hydrogen) atoms. The summed E-state index contributed by atoms with van der Waals surface area (Å²) in [7, 11) is 2.26. The van der Waals surface area contributed by atoms with Crippen LogP contribution in [0, 0.1) is 5.92 Å². The van der Waals surface area contributed by atoms with Crippen LogP contribution in [0.25, 0.3) is 0 Å². The number of ether oxygens (including phenoxy) is 1. The summed E-state index contributed by atoms with van der Waals surface area (Å²) >= 11 is 0. The van der Waals surface area contributed by atoms with Crippen molar-refractivity contribution < 1.29 is 9.53 Å². The first-order valence-electron chi connectivity index (χ1n) is 11.0. The summed E-state index contributed by atoms with van der Waals surface area (Å²) in [5, 5.41) is 0. The Hall–Kier alpha value is -1.59. The van der Waals surface area contributed by atoms with Gasteiger partial charge in [-0.2, -0.15) is 0 Å². The van der Waals surface area contributed by atoms with Gasteiger partial charge in [0, 0.05) is 51.2 Å². The number of amides is 1. The fourth-order valence-electron chi connectivity index (χ4n) is 4.87. The molecule has 0 radical (unpaired) electrons. The van der Waals surface area contributed by atoms with Gasteiger partial charge in [0.1, 0.15) is 5.75 Å². The summed E-state index contributed by atoms with van der Waals surface area (Å²) in [5.41, 5.74) is 1.44. The van der Waals surface area contributed by atoms with E-state index in [-0.39, 0.29) is 5.54 Å². The zero-order valence-electron chi connectivity index (χ0n) is 17.5. The molecule has 1 aliphatic carbocycles. The van der Waals surface area contributed by atoms with E-state index in [4.69, 9.17) is 4.74 Å². The van der Waals surface area contributed by atoms with Crippen molar-refractivity contribution in [3.8, 4) is 5.75 Å². The van der Waals surface area contributed by atoms with Crippen molar-refractivity contribution >= 4 is 5.91 Å². The lowest BCUT2D eigenvalue weighted by Crippen LogP contribution is -2.60. The van der Waals surface area contributed by atoms with Gasteiger partial charge in [-0.05, 0) is 63.3 Å². The number of piperazine rings is 1. The van der Waals surface area contributed by atoms with Crippen LogP contribution in [0.5, 0.6) is 5.75 Å². The standard InChI is InChI=1S/C23H35N3O2/c1-3-28-21-6-4-5-20(15-21)16-25-14-13-24(2)23(18-25)10-9-22(27)26(12-11-23)17-19-7-8-19/h4-6,15,19H,3,7-14,16-18H2,1-2H3/t23-/m0/s1. The van der Waals surface area contributed by atoms with E-state index in [0.717, 1.165) is 63.8 Å². The average molecular weight is 386 g/mol. The summed E-state index contributed by atoms with van der Waals surface area (Å²) in [5.74, 6) is 2.11. The minimum atomic E-state index is 0.129. The van der Waals surface area contributed by atoms with Crippen LogP contribution in [0.1, 0.15) is 44.6 Å². The summed E-state index contributed by atoms with van der Waals surface area (Å²) in [6.07, 6.45) is 5.40. The molecule has 0 aromatic heterocycles. The van der Waals surface area contributed by atoms with Gasteiger partial charge in [0.2, 0.25) is 5.91 Å². The van der Waals surface area contributed by atoms with E-state index in [1.165, 1.54) is 18.4 Å². The number of hydrogen-bond acceptors (Lipinski definition) is 4. The third kappa shape index (κ3) is 4.52. The van der Waals surface area contributed by atoms with Crippen LogP contribution in [0.3, 0.4) is 0 Å². The quantitative estimate of drug-likeness (QED) is 0.754. The molecule has 5 heteroatoms. The third-order valence-corrected chi connectivity index (χ3v) is 6.87. The molecule has 1 saturated carbocycles. The minimum Gasteiger partial charge on any atom is -0.494 e. The van der Waals surface area contributed by atoms with Crippen molar-refractivity contribution in [2.24, 2.45) is 5.92 Å². The van der Waals surface area contributed by atoms with Crippen LogP contribution >= 0.6 is 0 Å². The topological polar surface area (TPSA) is 36.0 Å². The van der Waals surface area contributed by atoms with Gasteiger partial charge in [0.15, 0.2) is 0 Å². The lowest BCUT2D eigenvalue weighted by molar-refractivity contribution is -0.131. The molecule has 1 amide bonds. The molecule has 1 aromatic rings. The van der Waals surface area contributed by atoms with Crippen molar-refractivity contribution in [2.75, 3.05) is 46.4 Å². The molecule has 1 atom stereocenters. The second-order valence-electron chi connectivity index (χ2n) is 8.97. The summed E-state index contributed by atoms with van der Waals surface area (Å²) in [6, 6.07) is 8.49. The number of carbonyl (C=O) groups is 1. The molecule has 154 valence electrons. The number of likely N-dealkylation sites (tertiary alicyclic amines) is 1. The summed E-state index contributed by atoms with van der Waals surface area (Å²) in [6.45, 7) is 8.80. The second kappa shape index (κ2) is 8.42. The van der Waals surface area contributed by atoms with E-state index in [0.29, 0.717) is 18.9 Å². The molecular weight excluding hydrogens is 350 g/mol. The normalized spacial score (nSPS) is 27.2. The van der Waals surface area contributed by atoms with Crippen molar-refractivity contribution in [1.29, 1.82) is 0 Å². The highest BCUT2D eigenvalue weighted by atomic mass is 16.5. The highest BCUT2D eigenvalue weighted by Crippen LogP contribution is 2.35. The number of nitrogens with zero attached hydrogens (tertiary/aromatic N) is 3. The molecule has 5 nitrogen and oxygen atoms in total. The highest BCUT2D eigenvalue weighted by Gasteiger charge is 2.42. The lowest BCUT2D eigenvalue weighted by atomic mass is 9.86. The Morgan fingerprint density at radius 2 is 2.04 bits per heavy atom.